The molecule has 0 aromatic rings. The van der Waals surface area contributed by atoms with Crippen molar-refractivity contribution in [3.8, 4) is 0 Å². The van der Waals surface area contributed by atoms with Crippen molar-refractivity contribution in [2.45, 2.75) is 64.9 Å². The number of alkyl carbamates (subject to hydrolysis) is 1. The fraction of sp³-hybridized carbons (Fsp3) is 0.867. The minimum Gasteiger partial charge on any atom is -0.481 e. The molecular weight excluding hydrogens is 258 g/mol. The van der Waals surface area contributed by atoms with Gasteiger partial charge in [-0.1, -0.05) is 19.3 Å². The van der Waals surface area contributed by atoms with E-state index in [4.69, 9.17) is 9.84 Å². The summed E-state index contributed by atoms with van der Waals surface area (Å²) >= 11 is 0. The lowest BCUT2D eigenvalue weighted by Crippen LogP contribution is -2.37. The van der Waals surface area contributed by atoms with Crippen LogP contribution in [-0.4, -0.2) is 29.3 Å². The third-order valence-corrected chi connectivity index (χ3v) is 3.66. The minimum absolute atomic E-state index is 0.157. The van der Waals surface area contributed by atoms with E-state index in [2.05, 4.69) is 5.32 Å². The van der Waals surface area contributed by atoms with Gasteiger partial charge >= 0.3 is 12.1 Å². The molecule has 1 saturated carbocycles. The Morgan fingerprint density at radius 3 is 2.30 bits per heavy atom. The van der Waals surface area contributed by atoms with Crippen LogP contribution in [0.5, 0.6) is 0 Å². The van der Waals surface area contributed by atoms with Crippen molar-refractivity contribution in [3.05, 3.63) is 0 Å². The summed E-state index contributed by atoms with van der Waals surface area (Å²) in [6, 6.07) is 0. The molecule has 2 N–H and O–H groups in total. The van der Waals surface area contributed by atoms with Gasteiger partial charge in [0.2, 0.25) is 0 Å². The highest BCUT2D eigenvalue weighted by atomic mass is 16.6. The molecule has 0 bridgehead atoms. The fourth-order valence-electron chi connectivity index (χ4n) is 2.75. The maximum absolute atomic E-state index is 11.7. The van der Waals surface area contributed by atoms with Crippen LogP contribution in [0.3, 0.4) is 0 Å². The number of amides is 1. The van der Waals surface area contributed by atoms with E-state index in [9.17, 15) is 9.59 Å². The first-order valence-corrected chi connectivity index (χ1v) is 7.46. The molecule has 116 valence electrons. The Hall–Kier alpha value is -1.26. The zero-order valence-electron chi connectivity index (χ0n) is 12.8. The van der Waals surface area contributed by atoms with Gasteiger partial charge in [-0.3, -0.25) is 4.79 Å². The molecule has 1 fully saturated rings. The summed E-state index contributed by atoms with van der Waals surface area (Å²) in [7, 11) is 0. The van der Waals surface area contributed by atoms with E-state index in [-0.39, 0.29) is 18.3 Å². The van der Waals surface area contributed by atoms with Gasteiger partial charge in [-0.25, -0.2) is 4.79 Å². The molecule has 0 aliphatic heterocycles. The molecule has 1 amide bonds. The number of carboxylic acid groups (broad SMARTS) is 1. The van der Waals surface area contributed by atoms with E-state index in [1.165, 1.54) is 0 Å². The maximum Gasteiger partial charge on any atom is 0.407 e. The van der Waals surface area contributed by atoms with Crippen LogP contribution < -0.4 is 5.32 Å². The summed E-state index contributed by atoms with van der Waals surface area (Å²) in [5, 5.41) is 11.8. The average molecular weight is 285 g/mol. The summed E-state index contributed by atoms with van der Waals surface area (Å²) in [6.45, 7) is 5.98. The standard InChI is InChI=1S/C15H27NO4/c1-15(2,3)20-14(19)16-10-12-8-6-4-5-7-11(12)9-13(17)18/h11-12H,4-10H2,1-3H3,(H,16,19)(H,17,18)/t11-,12+/m1/s1. The van der Waals surface area contributed by atoms with Gasteiger partial charge in [-0.2, -0.15) is 0 Å². The van der Waals surface area contributed by atoms with Crippen LogP contribution in [0.1, 0.15) is 59.3 Å². The van der Waals surface area contributed by atoms with Crippen molar-refractivity contribution in [2.24, 2.45) is 11.8 Å². The van der Waals surface area contributed by atoms with Crippen molar-refractivity contribution in [3.63, 3.8) is 0 Å². The number of ether oxygens (including phenoxy) is 1. The van der Waals surface area contributed by atoms with Crippen molar-refractivity contribution in [1.29, 1.82) is 0 Å². The van der Waals surface area contributed by atoms with Crippen LogP contribution in [-0.2, 0) is 9.53 Å². The lowest BCUT2D eigenvalue weighted by molar-refractivity contribution is -0.138. The van der Waals surface area contributed by atoms with Gasteiger partial charge in [0.15, 0.2) is 0 Å². The van der Waals surface area contributed by atoms with Gasteiger partial charge in [0.25, 0.3) is 0 Å². The lowest BCUT2D eigenvalue weighted by atomic mass is 9.85. The summed E-state index contributed by atoms with van der Waals surface area (Å²) in [6.07, 6.45) is 5.04. The molecule has 0 spiro atoms. The molecule has 1 aliphatic rings. The van der Waals surface area contributed by atoms with Crippen molar-refractivity contribution in [1.82, 2.24) is 5.32 Å². The van der Waals surface area contributed by atoms with Crippen molar-refractivity contribution in [2.75, 3.05) is 6.54 Å². The second kappa shape index (κ2) is 7.50. The van der Waals surface area contributed by atoms with E-state index >= 15 is 0 Å². The number of carbonyl (C=O) groups is 2. The smallest absolute Gasteiger partial charge is 0.407 e. The van der Waals surface area contributed by atoms with E-state index in [0.29, 0.717) is 6.54 Å². The molecule has 0 saturated heterocycles. The number of rotatable bonds is 4. The van der Waals surface area contributed by atoms with Crippen LogP contribution in [0.15, 0.2) is 0 Å². The van der Waals surface area contributed by atoms with Crippen LogP contribution in [0.4, 0.5) is 4.79 Å². The van der Waals surface area contributed by atoms with Gasteiger partial charge in [-0.15, -0.1) is 0 Å². The van der Waals surface area contributed by atoms with Crippen molar-refractivity contribution >= 4 is 12.1 Å². The first-order chi connectivity index (χ1) is 9.28. The predicted octanol–water partition coefficient (Wildman–Crippen LogP) is 3.18. The molecule has 5 nitrogen and oxygen atoms in total. The molecule has 1 rings (SSSR count). The molecule has 0 unspecified atom stereocenters. The van der Waals surface area contributed by atoms with Crippen LogP contribution >= 0.6 is 0 Å². The third-order valence-electron chi connectivity index (χ3n) is 3.66. The molecule has 0 aromatic heterocycles. The molecule has 0 radical (unpaired) electrons. The second-order valence-corrected chi connectivity index (χ2v) is 6.64. The Labute approximate surface area is 121 Å². The van der Waals surface area contributed by atoms with Crippen LogP contribution in [0.2, 0.25) is 0 Å². The Balaban J connectivity index is 2.48. The lowest BCUT2D eigenvalue weighted by Gasteiger charge is -2.25. The highest BCUT2D eigenvalue weighted by Gasteiger charge is 2.26. The zero-order chi connectivity index (χ0) is 15.2. The minimum atomic E-state index is -0.751. The quantitative estimate of drug-likeness (QED) is 0.778. The van der Waals surface area contributed by atoms with Crippen LogP contribution in [0.25, 0.3) is 0 Å². The highest BCUT2D eigenvalue weighted by Crippen LogP contribution is 2.30. The Bertz CT molecular complexity index is 335. The normalized spacial score (nSPS) is 23.8. The first kappa shape index (κ1) is 16.8. The average Bonchev–Trinajstić information content (AvgIpc) is 2.49. The zero-order valence-corrected chi connectivity index (χ0v) is 12.8. The summed E-state index contributed by atoms with van der Waals surface area (Å²) in [5.41, 5.74) is -0.506. The summed E-state index contributed by atoms with van der Waals surface area (Å²) in [5.74, 6) is -0.356. The van der Waals surface area contributed by atoms with Gasteiger partial charge in [0.05, 0.1) is 0 Å². The topological polar surface area (TPSA) is 75.6 Å². The van der Waals surface area contributed by atoms with Gasteiger partial charge in [-0.05, 0) is 45.4 Å². The number of nitrogens with one attached hydrogen (secondary N) is 1. The summed E-state index contributed by atoms with van der Waals surface area (Å²) in [4.78, 5) is 22.6. The van der Waals surface area contributed by atoms with Crippen LogP contribution in [0, 0.1) is 11.8 Å². The Morgan fingerprint density at radius 2 is 1.75 bits per heavy atom. The Morgan fingerprint density at radius 1 is 1.15 bits per heavy atom. The van der Waals surface area contributed by atoms with E-state index in [0.717, 1.165) is 32.1 Å². The number of hydrogen-bond acceptors (Lipinski definition) is 3. The van der Waals surface area contributed by atoms with Crippen molar-refractivity contribution < 1.29 is 19.4 Å². The van der Waals surface area contributed by atoms with Gasteiger partial charge < -0.3 is 15.2 Å². The number of aliphatic carboxylic acids is 1. The molecule has 0 aromatic carbocycles. The second-order valence-electron chi connectivity index (χ2n) is 6.64. The van der Waals surface area contributed by atoms with E-state index < -0.39 is 17.7 Å². The fourth-order valence-corrected chi connectivity index (χ4v) is 2.75. The summed E-state index contributed by atoms with van der Waals surface area (Å²) < 4.78 is 5.21. The Kier molecular flexibility index (Phi) is 6.30. The third kappa shape index (κ3) is 6.78. The van der Waals surface area contributed by atoms with E-state index in [1.807, 2.05) is 20.8 Å². The first-order valence-electron chi connectivity index (χ1n) is 7.46. The number of carbonyl (C=O) groups excluding carboxylic acids is 1. The SMILES string of the molecule is CC(C)(C)OC(=O)NC[C@@H]1CCCCC[C@@H]1CC(=O)O. The molecule has 20 heavy (non-hydrogen) atoms. The van der Waals surface area contributed by atoms with E-state index in [1.54, 1.807) is 0 Å². The predicted molar refractivity (Wildman–Crippen MR) is 76.6 cm³/mol. The molecule has 1 aliphatic carbocycles. The number of carboxylic acids is 1. The largest absolute Gasteiger partial charge is 0.481 e. The van der Waals surface area contributed by atoms with Gasteiger partial charge in [0.1, 0.15) is 5.60 Å². The monoisotopic (exact) mass is 285 g/mol. The molecule has 0 heterocycles. The number of hydrogen-bond donors (Lipinski definition) is 2. The maximum atomic E-state index is 11.7. The molecular formula is C15H27NO4. The molecule has 5 heteroatoms. The van der Waals surface area contributed by atoms with Gasteiger partial charge in [0, 0.05) is 13.0 Å². The highest BCUT2D eigenvalue weighted by molar-refractivity contribution is 5.68. The molecule has 2 atom stereocenters.